The van der Waals surface area contributed by atoms with Crippen molar-refractivity contribution in [2.24, 2.45) is 0 Å². The third-order valence-corrected chi connectivity index (χ3v) is 4.04. The summed E-state index contributed by atoms with van der Waals surface area (Å²) in [7, 11) is 0. The molecule has 0 amide bonds. The van der Waals surface area contributed by atoms with Crippen molar-refractivity contribution in [2.45, 2.75) is 39.5 Å². The van der Waals surface area contributed by atoms with Crippen LogP contribution in [0.4, 0.5) is 4.39 Å². The maximum Gasteiger partial charge on any atom is 0.123 e. The average molecular weight is 261 g/mol. The summed E-state index contributed by atoms with van der Waals surface area (Å²) in [5, 5.41) is 0. The van der Waals surface area contributed by atoms with Crippen LogP contribution in [0.25, 0.3) is 5.57 Å². The second-order valence-corrected chi connectivity index (χ2v) is 5.20. The molecule has 104 valence electrons. The smallest absolute Gasteiger partial charge is 0.123 e. The highest BCUT2D eigenvalue weighted by Gasteiger charge is 2.13. The van der Waals surface area contributed by atoms with E-state index in [2.05, 4.69) is 24.8 Å². The van der Waals surface area contributed by atoms with E-state index in [0.717, 1.165) is 50.9 Å². The molecule has 0 N–H and O–H groups in total. The number of benzene rings is 1. The number of nitrogens with zero attached hydrogens (tertiary/aromatic N) is 1. The topological polar surface area (TPSA) is 3.24 Å². The predicted octanol–water partition coefficient (Wildman–Crippen LogP) is 4.28. The first-order chi connectivity index (χ1) is 9.24. The van der Waals surface area contributed by atoms with Gasteiger partial charge in [0.2, 0.25) is 0 Å². The van der Waals surface area contributed by atoms with Gasteiger partial charge in [0.05, 0.1) is 0 Å². The Morgan fingerprint density at radius 3 is 2.74 bits per heavy atom. The van der Waals surface area contributed by atoms with E-state index in [1.165, 1.54) is 11.1 Å². The number of aryl methyl sites for hydroxylation is 1. The molecule has 0 spiro atoms. The zero-order valence-electron chi connectivity index (χ0n) is 12.1. The summed E-state index contributed by atoms with van der Waals surface area (Å²) in [6.07, 6.45) is 6.66. The molecule has 1 aromatic carbocycles. The second kappa shape index (κ2) is 6.85. The number of hydrogen-bond donors (Lipinski definition) is 0. The molecule has 0 atom stereocenters. The molecule has 0 saturated heterocycles. The minimum Gasteiger partial charge on any atom is -0.304 e. The lowest BCUT2D eigenvalue weighted by Gasteiger charge is -2.21. The van der Waals surface area contributed by atoms with Gasteiger partial charge in [-0.05, 0) is 74.2 Å². The van der Waals surface area contributed by atoms with Gasteiger partial charge in [-0.2, -0.15) is 0 Å². The molecule has 19 heavy (non-hydrogen) atoms. The molecule has 0 aromatic heterocycles. The van der Waals surface area contributed by atoms with Crippen LogP contribution >= 0.6 is 0 Å². The molecule has 0 saturated carbocycles. The fourth-order valence-corrected chi connectivity index (χ4v) is 2.85. The van der Waals surface area contributed by atoms with Gasteiger partial charge < -0.3 is 4.90 Å². The highest BCUT2D eigenvalue weighted by atomic mass is 19.1. The molecular weight excluding hydrogens is 237 g/mol. The first-order valence-corrected chi connectivity index (χ1v) is 7.44. The van der Waals surface area contributed by atoms with Gasteiger partial charge in [0, 0.05) is 0 Å². The standard InChI is InChI=1S/C17H24FN/c1-3-19(4-2)12-6-9-14-7-5-8-15-10-11-16(18)13-17(14)15/h7,10-11,13H,3-6,8-9,12H2,1-2H3. The molecule has 2 rings (SSSR count). The van der Waals surface area contributed by atoms with E-state index in [1.54, 1.807) is 12.1 Å². The molecule has 0 bridgehead atoms. The zero-order valence-corrected chi connectivity index (χ0v) is 12.1. The number of hydrogen-bond acceptors (Lipinski definition) is 1. The van der Waals surface area contributed by atoms with E-state index in [-0.39, 0.29) is 5.82 Å². The summed E-state index contributed by atoms with van der Waals surface area (Å²) >= 11 is 0. The third kappa shape index (κ3) is 3.66. The van der Waals surface area contributed by atoms with Gasteiger partial charge in [0.1, 0.15) is 5.82 Å². The minimum absolute atomic E-state index is 0.115. The van der Waals surface area contributed by atoms with E-state index >= 15 is 0 Å². The van der Waals surface area contributed by atoms with Crippen molar-refractivity contribution in [3.8, 4) is 0 Å². The third-order valence-electron chi connectivity index (χ3n) is 4.04. The Kier molecular flexibility index (Phi) is 5.15. The van der Waals surface area contributed by atoms with Crippen LogP contribution < -0.4 is 0 Å². The number of halogens is 1. The fourth-order valence-electron chi connectivity index (χ4n) is 2.85. The van der Waals surface area contributed by atoms with Crippen LogP contribution in [0.2, 0.25) is 0 Å². The van der Waals surface area contributed by atoms with Crippen molar-refractivity contribution in [1.29, 1.82) is 0 Å². The van der Waals surface area contributed by atoms with Crippen molar-refractivity contribution in [2.75, 3.05) is 19.6 Å². The molecule has 1 aromatic rings. The van der Waals surface area contributed by atoms with Crippen LogP contribution in [0.3, 0.4) is 0 Å². The summed E-state index contributed by atoms with van der Waals surface area (Å²) in [6, 6.07) is 5.23. The molecule has 0 aliphatic heterocycles. The van der Waals surface area contributed by atoms with Gasteiger partial charge in [-0.3, -0.25) is 0 Å². The fraction of sp³-hybridized carbons (Fsp3) is 0.529. The summed E-state index contributed by atoms with van der Waals surface area (Å²) < 4.78 is 13.4. The van der Waals surface area contributed by atoms with E-state index in [0.29, 0.717) is 0 Å². The van der Waals surface area contributed by atoms with Crippen molar-refractivity contribution in [3.05, 3.63) is 41.2 Å². The molecule has 2 heteroatoms. The van der Waals surface area contributed by atoms with Gasteiger partial charge in [0.15, 0.2) is 0 Å². The van der Waals surface area contributed by atoms with Gasteiger partial charge in [-0.1, -0.05) is 26.0 Å². The van der Waals surface area contributed by atoms with Crippen LogP contribution in [0.5, 0.6) is 0 Å². The average Bonchev–Trinajstić information content (AvgIpc) is 2.44. The number of fused-ring (bicyclic) bond motifs is 1. The van der Waals surface area contributed by atoms with Crippen LogP contribution in [0.15, 0.2) is 24.3 Å². The monoisotopic (exact) mass is 261 g/mol. The summed E-state index contributed by atoms with van der Waals surface area (Å²) in [5.74, 6) is -0.115. The first kappa shape index (κ1) is 14.3. The predicted molar refractivity (Wildman–Crippen MR) is 79.7 cm³/mol. The largest absolute Gasteiger partial charge is 0.304 e. The first-order valence-electron chi connectivity index (χ1n) is 7.44. The second-order valence-electron chi connectivity index (χ2n) is 5.20. The zero-order chi connectivity index (χ0) is 13.7. The Balaban J connectivity index is 1.98. The van der Waals surface area contributed by atoms with Crippen molar-refractivity contribution in [3.63, 3.8) is 0 Å². The SMILES string of the molecule is CCN(CC)CCCC1=CCCc2ccc(F)cc21. The van der Waals surface area contributed by atoms with Crippen LogP contribution in [-0.4, -0.2) is 24.5 Å². The number of rotatable bonds is 6. The Hall–Kier alpha value is -1.15. The molecule has 0 heterocycles. The Morgan fingerprint density at radius 2 is 2.00 bits per heavy atom. The van der Waals surface area contributed by atoms with Gasteiger partial charge in [-0.25, -0.2) is 4.39 Å². The molecule has 1 nitrogen and oxygen atoms in total. The van der Waals surface area contributed by atoms with E-state index in [9.17, 15) is 4.39 Å². The summed E-state index contributed by atoms with van der Waals surface area (Å²) in [4.78, 5) is 2.44. The van der Waals surface area contributed by atoms with Gasteiger partial charge in [0.25, 0.3) is 0 Å². The van der Waals surface area contributed by atoms with Gasteiger partial charge >= 0.3 is 0 Å². The van der Waals surface area contributed by atoms with Crippen molar-refractivity contribution < 1.29 is 4.39 Å². The lowest BCUT2D eigenvalue weighted by atomic mass is 9.88. The van der Waals surface area contributed by atoms with E-state index in [4.69, 9.17) is 0 Å². The van der Waals surface area contributed by atoms with Crippen molar-refractivity contribution in [1.82, 2.24) is 4.90 Å². The van der Waals surface area contributed by atoms with Crippen molar-refractivity contribution >= 4 is 5.57 Å². The minimum atomic E-state index is -0.115. The Labute approximate surface area is 116 Å². The maximum absolute atomic E-state index is 13.4. The molecule has 1 aliphatic rings. The summed E-state index contributed by atoms with van der Waals surface area (Å²) in [5.41, 5.74) is 3.79. The van der Waals surface area contributed by atoms with Crippen LogP contribution in [0, 0.1) is 5.82 Å². The quantitative estimate of drug-likeness (QED) is 0.739. The Morgan fingerprint density at radius 1 is 1.21 bits per heavy atom. The van der Waals surface area contributed by atoms with Gasteiger partial charge in [-0.15, -0.1) is 0 Å². The Bertz CT molecular complexity index is 447. The highest BCUT2D eigenvalue weighted by Crippen LogP contribution is 2.30. The highest BCUT2D eigenvalue weighted by molar-refractivity contribution is 5.70. The normalized spacial score (nSPS) is 14.4. The molecule has 0 radical (unpaired) electrons. The van der Waals surface area contributed by atoms with E-state index < -0.39 is 0 Å². The molecular formula is C17H24FN. The van der Waals surface area contributed by atoms with E-state index in [1.807, 2.05) is 6.07 Å². The van der Waals surface area contributed by atoms with Crippen LogP contribution in [-0.2, 0) is 6.42 Å². The lowest BCUT2D eigenvalue weighted by molar-refractivity contribution is 0.301. The molecule has 0 fully saturated rings. The lowest BCUT2D eigenvalue weighted by Crippen LogP contribution is -2.24. The summed E-state index contributed by atoms with van der Waals surface area (Å²) in [6.45, 7) is 7.76. The molecule has 0 unspecified atom stereocenters. The number of allylic oxidation sites excluding steroid dienone is 2. The van der Waals surface area contributed by atoms with Crippen LogP contribution in [0.1, 0.15) is 44.2 Å². The molecule has 1 aliphatic carbocycles. The maximum atomic E-state index is 13.4.